The molecule has 1 saturated heterocycles. The van der Waals surface area contributed by atoms with E-state index in [-0.39, 0.29) is 12.4 Å². The van der Waals surface area contributed by atoms with Crippen LogP contribution in [0.25, 0.3) is 0 Å². The molecule has 0 saturated carbocycles. The van der Waals surface area contributed by atoms with Gasteiger partial charge in [0.2, 0.25) is 10.0 Å². The fourth-order valence-corrected chi connectivity index (χ4v) is 3.86. The van der Waals surface area contributed by atoms with E-state index in [4.69, 9.17) is 4.74 Å². The van der Waals surface area contributed by atoms with Crippen LogP contribution in [0.4, 0.5) is 10.1 Å². The van der Waals surface area contributed by atoms with Gasteiger partial charge in [-0.15, -0.1) is 12.4 Å². The van der Waals surface area contributed by atoms with E-state index in [0.29, 0.717) is 43.8 Å². The lowest BCUT2D eigenvalue weighted by Crippen LogP contribution is -2.41. The highest BCUT2D eigenvalue weighted by atomic mass is 35.5. The minimum absolute atomic E-state index is 0. The molecule has 2 aromatic carbocycles. The lowest BCUT2D eigenvalue weighted by atomic mass is 9.86. The van der Waals surface area contributed by atoms with Crippen molar-refractivity contribution in [3.8, 4) is 5.75 Å². The van der Waals surface area contributed by atoms with Crippen LogP contribution in [-0.2, 0) is 15.7 Å². The molecule has 0 aliphatic carbocycles. The molecule has 0 atom stereocenters. The van der Waals surface area contributed by atoms with Crippen molar-refractivity contribution >= 4 is 28.1 Å². The molecule has 0 unspecified atom stereocenters. The SMILES string of the molecule is CS(=O)(=O)Nc1cccc(C2(F)CCN(CCOc3ccccc3)CC2)c1.Cl. The van der Waals surface area contributed by atoms with Crippen molar-refractivity contribution in [2.75, 3.05) is 37.2 Å². The van der Waals surface area contributed by atoms with Gasteiger partial charge in [-0.3, -0.25) is 9.62 Å². The smallest absolute Gasteiger partial charge is 0.229 e. The standard InChI is InChI=1S/C20H25FN2O3S.ClH/c1-27(24,25)22-18-7-5-6-17(16-18)20(21)10-12-23(13-11-20)14-15-26-19-8-3-2-4-9-19;/h2-9,16,22H,10-15H2,1H3;1H. The van der Waals surface area contributed by atoms with Gasteiger partial charge in [0.05, 0.1) is 6.26 Å². The minimum atomic E-state index is -3.38. The second kappa shape index (κ2) is 9.58. The Morgan fingerprint density at radius 1 is 1.11 bits per heavy atom. The minimum Gasteiger partial charge on any atom is -0.492 e. The van der Waals surface area contributed by atoms with Crippen molar-refractivity contribution in [3.63, 3.8) is 0 Å². The number of hydrogen-bond acceptors (Lipinski definition) is 4. The Bertz CT molecular complexity index is 857. The third-order valence-corrected chi connectivity index (χ3v) is 5.36. The summed E-state index contributed by atoms with van der Waals surface area (Å²) in [6, 6.07) is 16.3. The molecule has 0 amide bonds. The van der Waals surface area contributed by atoms with Crippen molar-refractivity contribution in [2.24, 2.45) is 0 Å². The number of sulfonamides is 1. The highest BCUT2D eigenvalue weighted by molar-refractivity contribution is 7.92. The Hall–Kier alpha value is -1.83. The number of alkyl halides is 1. The van der Waals surface area contributed by atoms with Gasteiger partial charge in [0.25, 0.3) is 0 Å². The van der Waals surface area contributed by atoms with Crippen LogP contribution in [0, 0.1) is 0 Å². The molecule has 1 aliphatic rings. The highest BCUT2D eigenvalue weighted by Gasteiger charge is 2.36. The Kier molecular flexibility index (Phi) is 7.69. The van der Waals surface area contributed by atoms with Gasteiger partial charge in [-0.1, -0.05) is 30.3 Å². The number of hydrogen-bond donors (Lipinski definition) is 1. The molecule has 28 heavy (non-hydrogen) atoms. The van der Waals surface area contributed by atoms with E-state index in [1.165, 1.54) is 0 Å². The van der Waals surface area contributed by atoms with Crippen molar-refractivity contribution in [3.05, 3.63) is 60.2 Å². The number of halogens is 2. The third kappa shape index (κ3) is 6.36. The van der Waals surface area contributed by atoms with E-state index in [9.17, 15) is 8.42 Å². The Labute approximate surface area is 172 Å². The predicted molar refractivity (Wildman–Crippen MR) is 113 cm³/mol. The molecule has 1 N–H and O–H groups in total. The summed E-state index contributed by atoms with van der Waals surface area (Å²) in [6.07, 6.45) is 1.84. The van der Waals surface area contributed by atoms with E-state index >= 15 is 4.39 Å². The molecule has 0 spiro atoms. The van der Waals surface area contributed by atoms with Crippen LogP contribution >= 0.6 is 12.4 Å². The Morgan fingerprint density at radius 3 is 2.43 bits per heavy atom. The Balaban J connectivity index is 0.00000280. The van der Waals surface area contributed by atoms with Gasteiger partial charge in [-0.05, 0) is 42.7 Å². The zero-order valence-electron chi connectivity index (χ0n) is 15.8. The second-order valence-electron chi connectivity index (χ2n) is 6.92. The van der Waals surface area contributed by atoms with E-state index in [1.807, 2.05) is 30.3 Å². The first kappa shape index (κ1) is 22.5. The van der Waals surface area contributed by atoms with Crippen LogP contribution in [0.1, 0.15) is 18.4 Å². The van der Waals surface area contributed by atoms with Crippen molar-refractivity contribution in [2.45, 2.75) is 18.5 Å². The number of nitrogens with zero attached hydrogens (tertiary/aromatic N) is 1. The highest BCUT2D eigenvalue weighted by Crippen LogP contribution is 2.37. The van der Waals surface area contributed by atoms with Crippen molar-refractivity contribution in [1.82, 2.24) is 4.90 Å². The molecule has 0 aromatic heterocycles. The fourth-order valence-electron chi connectivity index (χ4n) is 3.30. The topological polar surface area (TPSA) is 58.6 Å². The first-order valence-electron chi connectivity index (χ1n) is 9.02. The quantitative estimate of drug-likeness (QED) is 0.728. The summed E-state index contributed by atoms with van der Waals surface area (Å²) < 4.78 is 46.3. The first-order chi connectivity index (χ1) is 12.8. The lowest BCUT2D eigenvalue weighted by molar-refractivity contribution is 0.0501. The third-order valence-electron chi connectivity index (χ3n) is 4.75. The molecule has 8 heteroatoms. The zero-order valence-corrected chi connectivity index (χ0v) is 17.4. The van der Waals surface area contributed by atoms with Crippen LogP contribution in [0.5, 0.6) is 5.75 Å². The number of ether oxygens (including phenoxy) is 1. The van der Waals surface area contributed by atoms with E-state index in [0.717, 1.165) is 18.6 Å². The number of para-hydroxylation sites is 1. The van der Waals surface area contributed by atoms with Crippen LogP contribution in [0.3, 0.4) is 0 Å². The van der Waals surface area contributed by atoms with Gasteiger partial charge in [0.15, 0.2) is 0 Å². The Morgan fingerprint density at radius 2 is 1.79 bits per heavy atom. The van der Waals surface area contributed by atoms with Gasteiger partial charge < -0.3 is 4.74 Å². The molecular formula is C20H26ClFN2O3S. The molecule has 2 aromatic rings. The van der Waals surface area contributed by atoms with Crippen LogP contribution < -0.4 is 9.46 Å². The number of benzene rings is 2. The van der Waals surface area contributed by atoms with Gasteiger partial charge in [0, 0.05) is 25.3 Å². The summed E-state index contributed by atoms with van der Waals surface area (Å²) in [7, 11) is -3.38. The average molecular weight is 429 g/mol. The number of piperidine rings is 1. The summed E-state index contributed by atoms with van der Waals surface area (Å²) >= 11 is 0. The molecule has 1 heterocycles. The summed E-state index contributed by atoms with van der Waals surface area (Å²) in [6.45, 7) is 2.59. The monoisotopic (exact) mass is 428 g/mol. The maximum atomic E-state index is 15.4. The van der Waals surface area contributed by atoms with Gasteiger partial charge in [0.1, 0.15) is 18.0 Å². The molecule has 5 nitrogen and oxygen atoms in total. The van der Waals surface area contributed by atoms with Gasteiger partial charge in [-0.2, -0.15) is 0 Å². The number of rotatable bonds is 7. The zero-order chi connectivity index (χ0) is 19.3. The number of likely N-dealkylation sites (tertiary alicyclic amines) is 1. The van der Waals surface area contributed by atoms with Crippen LogP contribution in [0.2, 0.25) is 0 Å². The van der Waals surface area contributed by atoms with Crippen molar-refractivity contribution < 1.29 is 17.5 Å². The molecule has 3 rings (SSSR count). The molecular weight excluding hydrogens is 403 g/mol. The van der Waals surface area contributed by atoms with E-state index in [2.05, 4.69) is 9.62 Å². The van der Waals surface area contributed by atoms with E-state index in [1.54, 1.807) is 24.3 Å². The maximum absolute atomic E-state index is 15.4. The van der Waals surface area contributed by atoms with Crippen molar-refractivity contribution in [1.29, 1.82) is 0 Å². The number of nitrogens with one attached hydrogen (secondary N) is 1. The van der Waals surface area contributed by atoms with Crippen LogP contribution in [0.15, 0.2) is 54.6 Å². The predicted octanol–water partition coefficient (Wildman–Crippen LogP) is 3.82. The second-order valence-corrected chi connectivity index (χ2v) is 8.67. The van der Waals surface area contributed by atoms with Crippen LogP contribution in [-0.4, -0.2) is 45.8 Å². The summed E-state index contributed by atoms with van der Waals surface area (Å²) in [5.74, 6) is 0.838. The lowest BCUT2D eigenvalue weighted by Gasteiger charge is -2.36. The molecule has 1 aliphatic heterocycles. The number of anilines is 1. The molecule has 154 valence electrons. The first-order valence-corrected chi connectivity index (χ1v) is 10.9. The molecule has 1 fully saturated rings. The summed E-state index contributed by atoms with van der Waals surface area (Å²) in [4.78, 5) is 2.19. The molecule has 0 radical (unpaired) electrons. The van der Waals surface area contributed by atoms with Gasteiger partial charge in [-0.25, -0.2) is 12.8 Å². The summed E-state index contributed by atoms with van der Waals surface area (Å²) in [5, 5.41) is 0. The van der Waals surface area contributed by atoms with E-state index < -0.39 is 15.7 Å². The average Bonchev–Trinajstić information content (AvgIpc) is 2.63. The van der Waals surface area contributed by atoms with Gasteiger partial charge >= 0.3 is 0 Å². The normalized spacial score (nSPS) is 16.8. The largest absolute Gasteiger partial charge is 0.492 e. The molecule has 0 bridgehead atoms. The fraction of sp³-hybridized carbons (Fsp3) is 0.400. The maximum Gasteiger partial charge on any atom is 0.229 e. The summed E-state index contributed by atoms with van der Waals surface area (Å²) in [5.41, 5.74) is -0.520.